The van der Waals surface area contributed by atoms with Gasteiger partial charge in [0, 0.05) is 30.2 Å². The van der Waals surface area contributed by atoms with Crippen molar-refractivity contribution in [3.05, 3.63) is 12.7 Å². The first kappa shape index (κ1) is 32.6. The molecule has 1 saturated carbocycles. The molecule has 1 aliphatic rings. The Hall–Kier alpha value is -2.43. The smallest absolute Gasteiger partial charge is 0.407 e. The summed E-state index contributed by atoms with van der Waals surface area (Å²) in [7, 11) is 1.37. The molecule has 37 heavy (non-hydrogen) atoms. The molecular weight excluding hydrogens is 500 g/mol. The van der Waals surface area contributed by atoms with Gasteiger partial charge in [-0.3, -0.25) is 4.79 Å². The second-order valence-electron chi connectivity index (χ2n) is 10.7. The summed E-state index contributed by atoms with van der Waals surface area (Å²) in [5, 5.41) is 5.81. The molecule has 2 N–H and O–H groups in total. The molecule has 0 heterocycles. The van der Waals surface area contributed by atoms with Gasteiger partial charge in [-0.2, -0.15) is 11.8 Å². The highest BCUT2D eigenvalue weighted by Crippen LogP contribution is 2.45. The van der Waals surface area contributed by atoms with Crippen LogP contribution in [0.25, 0.3) is 0 Å². The third-order valence-electron chi connectivity index (χ3n) is 6.16. The van der Waals surface area contributed by atoms with Crippen LogP contribution < -0.4 is 10.6 Å². The zero-order chi connectivity index (χ0) is 28.1. The number of methoxy groups -OCH3 is 1. The number of ether oxygens (including phenoxy) is 4. The summed E-state index contributed by atoms with van der Waals surface area (Å²) in [6.07, 6.45) is 2.70. The SMILES string of the molecule is C=CC(=O)OCCOC(=O)NC1CC(C)(C)CC(C)(CNC(=O)OC(CC)CSCC(C)C(=O)OC)C1. The third kappa shape index (κ3) is 13.1. The molecule has 4 atom stereocenters. The van der Waals surface area contributed by atoms with E-state index in [1.165, 1.54) is 7.11 Å². The normalized spacial score (nSPS) is 22.1. The van der Waals surface area contributed by atoms with Crippen LogP contribution in [0.3, 0.4) is 0 Å². The highest BCUT2D eigenvalue weighted by molar-refractivity contribution is 7.99. The summed E-state index contributed by atoms with van der Waals surface area (Å²) in [5.74, 6) is 0.147. The number of thioether (sulfide) groups is 1. The monoisotopic (exact) mass is 544 g/mol. The minimum Gasteiger partial charge on any atom is -0.469 e. The lowest BCUT2D eigenvalue weighted by Crippen LogP contribution is -2.50. The van der Waals surface area contributed by atoms with Crippen LogP contribution in [0, 0.1) is 16.7 Å². The van der Waals surface area contributed by atoms with Crippen LogP contribution in [0.2, 0.25) is 0 Å². The lowest BCUT2D eigenvalue weighted by atomic mass is 9.62. The van der Waals surface area contributed by atoms with Crippen molar-refractivity contribution in [2.24, 2.45) is 16.7 Å². The highest BCUT2D eigenvalue weighted by Gasteiger charge is 2.42. The van der Waals surface area contributed by atoms with E-state index in [1.807, 2.05) is 13.8 Å². The van der Waals surface area contributed by atoms with Crippen LogP contribution in [0.1, 0.15) is 60.3 Å². The van der Waals surface area contributed by atoms with Crippen LogP contribution in [0.4, 0.5) is 9.59 Å². The van der Waals surface area contributed by atoms with Gasteiger partial charge in [0.15, 0.2) is 0 Å². The third-order valence-corrected chi connectivity index (χ3v) is 7.50. The number of carbonyl (C=O) groups is 4. The van der Waals surface area contributed by atoms with Crippen LogP contribution >= 0.6 is 11.8 Å². The zero-order valence-corrected chi connectivity index (χ0v) is 23.9. The van der Waals surface area contributed by atoms with Crippen molar-refractivity contribution >= 4 is 35.9 Å². The molecule has 212 valence electrons. The number of alkyl carbamates (subject to hydrolysis) is 2. The summed E-state index contributed by atoms with van der Waals surface area (Å²) in [6, 6.07) is -0.133. The van der Waals surface area contributed by atoms with Gasteiger partial charge in [0.1, 0.15) is 19.3 Å². The molecular formula is C26H44N2O8S. The molecule has 0 aromatic rings. The first-order valence-electron chi connectivity index (χ1n) is 12.7. The van der Waals surface area contributed by atoms with Crippen molar-refractivity contribution in [2.75, 3.05) is 38.4 Å². The first-order chi connectivity index (χ1) is 17.3. The number of amides is 2. The molecule has 0 bridgehead atoms. The lowest BCUT2D eigenvalue weighted by Gasteiger charge is -2.46. The largest absolute Gasteiger partial charge is 0.469 e. The molecule has 1 fully saturated rings. The fourth-order valence-electron chi connectivity index (χ4n) is 4.77. The maximum Gasteiger partial charge on any atom is 0.407 e. The average molecular weight is 545 g/mol. The Morgan fingerprint density at radius 2 is 1.76 bits per heavy atom. The van der Waals surface area contributed by atoms with Gasteiger partial charge in [-0.15, -0.1) is 0 Å². The number of esters is 2. The van der Waals surface area contributed by atoms with Gasteiger partial charge in [0.05, 0.1) is 13.0 Å². The van der Waals surface area contributed by atoms with Crippen molar-refractivity contribution in [2.45, 2.75) is 72.4 Å². The minimum absolute atomic E-state index is 0.0419. The van der Waals surface area contributed by atoms with Gasteiger partial charge in [-0.05, 0) is 36.5 Å². The Morgan fingerprint density at radius 1 is 1.08 bits per heavy atom. The van der Waals surface area contributed by atoms with Gasteiger partial charge in [0.2, 0.25) is 0 Å². The predicted molar refractivity (Wildman–Crippen MR) is 142 cm³/mol. The van der Waals surface area contributed by atoms with Gasteiger partial charge in [-0.25, -0.2) is 14.4 Å². The second-order valence-corrected chi connectivity index (χ2v) is 11.7. The van der Waals surface area contributed by atoms with E-state index in [0.717, 1.165) is 18.9 Å². The number of hydrogen-bond donors (Lipinski definition) is 2. The number of carbonyl (C=O) groups excluding carboxylic acids is 4. The van der Waals surface area contributed by atoms with Crippen LogP contribution in [-0.4, -0.2) is 74.6 Å². The quantitative estimate of drug-likeness (QED) is 0.144. The molecule has 0 aromatic heterocycles. The fraction of sp³-hybridized carbons (Fsp3) is 0.769. The summed E-state index contributed by atoms with van der Waals surface area (Å²) >= 11 is 1.55. The predicted octanol–water partition coefficient (Wildman–Crippen LogP) is 4.07. The van der Waals surface area contributed by atoms with Crippen molar-refractivity contribution in [3.8, 4) is 0 Å². The highest BCUT2D eigenvalue weighted by atomic mass is 32.2. The maximum atomic E-state index is 12.5. The Balaban J connectivity index is 2.52. The average Bonchev–Trinajstić information content (AvgIpc) is 2.82. The van der Waals surface area contributed by atoms with Gasteiger partial charge in [0.25, 0.3) is 0 Å². The van der Waals surface area contributed by atoms with Crippen molar-refractivity contribution in [3.63, 3.8) is 0 Å². The van der Waals surface area contributed by atoms with Gasteiger partial charge < -0.3 is 29.6 Å². The summed E-state index contributed by atoms with van der Waals surface area (Å²) in [4.78, 5) is 47.4. The van der Waals surface area contributed by atoms with Gasteiger partial charge in [-0.1, -0.05) is 41.2 Å². The molecule has 0 spiro atoms. The minimum atomic E-state index is -0.572. The Labute approximate surface area is 224 Å². The summed E-state index contributed by atoms with van der Waals surface area (Å²) in [6.45, 7) is 13.7. The number of nitrogens with one attached hydrogen (secondary N) is 2. The Kier molecular flexibility index (Phi) is 13.9. The number of rotatable bonds is 14. The molecule has 1 rings (SSSR count). The van der Waals surface area contributed by atoms with E-state index in [1.54, 1.807) is 11.8 Å². The molecule has 0 aromatic carbocycles. The fourth-order valence-corrected chi connectivity index (χ4v) is 5.97. The molecule has 0 radical (unpaired) electrons. The second kappa shape index (κ2) is 15.7. The zero-order valence-electron chi connectivity index (χ0n) is 23.1. The maximum absolute atomic E-state index is 12.5. The van der Waals surface area contributed by atoms with Crippen LogP contribution in [-0.2, 0) is 28.5 Å². The van der Waals surface area contributed by atoms with E-state index in [4.69, 9.17) is 18.9 Å². The molecule has 2 amide bonds. The topological polar surface area (TPSA) is 129 Å². The van der Waals surface area contributed by atoms with Gasteiger partial charge >= 0.3 is 24.1 Å². The van der Waals surface area contributed by atoms with E-state index in [2.05, 4.69) is 38.0 Å². The Bertz CT molecular complexity index is 791. The van der Waals surface area contributed by atoms with Crippen LogP contribution in [0.5, 0.6) is 0 Å². The van der Waals surface area contributed by atoms with E-state index in [9.17, 15) is 19.2 Å². The summed E-state index contributed by atoms with van der Waals surface area (Å²) < 4.78 is 20.3. The standard InChI is InChI=1S/C26H44N2O8S/c1-8-20(15-37-14-18(3)22(30)33-7)36-23(31)27-17-26(6)13-19(12-25(4,5)16-26)28-24(32)35-11-10-34-21(29)9-2/h9,18-20H,2,8,10-17H2,1,3-7H3,(H,27,31)(H,28,32). The van der Waals surface area contributed by atoms with E-state index < -0.39 is 18.2 Å². The summed E-state index contributed by atoms with van der Waals surface area (Å²) in [5.41, 5.74) is -0.320. The first-order valence-corrected chi connectivity index (χ1v) is 13.8. The Morgan fingerprint density at radius 3 is 2.38 bits per heavy atom. The van der Waals surface area contributed by atoms with Crippen molar-refractivity contribution in [1.82, 2.24) is 10.6 Å². The molecule has 1 aliphatic carbocycles. The van der Waals surface area contributed by atoms with Crippen molar-refractivity contribution < 1.29 is 38.1 Å². The molecule has 0 aliphatic heterocycles. The van der Waals surface area contributed by atoms with Crippen molar-refractivity contribution in [1.29, 1.82) is 0 Å². The van der Waals surface area contributed by atoms with Crippen LogP contribution in [0.15, 0.2) is 12.7 Å². The molecule has 10 nitrogen and oxygen atoms in total. The number of hydrogen-bond acceptors (Lipinski definition) is 9. The molecule has 11 heteroatoms. The van der Waals surface area contributed by atoms with E-state index in [0.29, 0.717) is 30.9 Å². The van der Waals surface area contributed by atoms with E-state index in [-0.39, 0.29) is 48.1 Å². The molecule has 4 unspecified atom stereocenters. The lowest BCUT2D eigenvalue weighted by molar-refractivity contribution is -0.144. The molecule has 0 saturated heterocycles. The van der Waals surface area contributed by atoms with E-state index >= 15 is 0 Å².